The molecule has 8 nitrogen and oxygen atoms in total. The maximum Gasteiger partial charge on any atom is 0.270 e. The summed E-state index contributed by atoms with van der Waals surface area (Å²) in [6.07, 6.45) is 0.480. The Hall–Kier alpha value is -3.64. The van der Waals surface area contributed by atoms with E-state index in [1.54, 1.807) is 13.8 Å². The molecule has 0 aliphatic carbocycles. The van der Waals surface area contributed by atoms with Gasteiger partial charge in [-0.25, -0.2) is 34.2 Å². The summed E-state index contributed by atoms with van der Waals surface area (Å²) in [4.78, 5) is 25.2. The third-order valence-corrected chi connectivity index (χ3v) is 8.93. The smallest absolute Gasteiger partial charge is 0.270 e. The zero-order valence-electron chi connectivity index (χ0n) is 20.7. The van der Waals surface area contributed by atoms with Crippen LogP contribution < -0.4 is 8.61 Å². The number of benzene rings is 3. The van der Waals surface area contributed by atoms with E-state index >= 15 is 0 Å². The molecule has 2 amide bonds. The second kappa shape index (κ2) is 11.8. The molecule has 0 heterocycles. The molecule has 38 heavy (non-hydrogen) atoms. The van der Waals surface area contributed by atoms with Gasteiger partial charge in [-0.15, -0.1) is 0 Å². The fourth-order valence-electron chi connectivity index (χ4n) is 3.61. The van der Waals surface area contributed by atoms with Gasteiger partial charge < -0.3 is 0 Å². The first-order chi connectivity index (χ1) is 17.9. The van der Waals surface area contributed by atoms with Crippen molar-refractivity contribution in [2.45, 2.75) is 49.3 Å². The second-order valence-corrected chi connectivity index (χ2v) is 11.8. The number of hydrogen-bond donors (Lipinski definition) is 0. The molecule has 0 spiro atoms. The molecule has 202 valence electrons. The number of carbonyl (C=O) groups excluding carboxylic acids is 2. The van der Waals surface area contributed by atoms with E-state index in [4.69, 9.17) is 0 Å². The van der Waals surface area contributed by atoms with E-state index in [0.717, 1.165) is 48.5 Å². The lowest BCUT2D eigenvalue weighted by molar-refractivity contribution is -0.118. The van der Waals surface area contributed by atoms with E-state index in [2.05, 4.69) is 0 Å². The van der Waals surface area contributed by atoms with Crippen molar-refractivity contribution in [3.05, 3.63) is 84.4 Å². The number of nitrogens with zero attached hydrogens (tertiary/aromatic N) is 2. The highest BCUT2D eigenvalue weighted by atomic mass is 32.2. The van der Waals surface area contributed by atoms with E-state index in [0.29, 0.717) is 21.5 Å². The first-order valence-corrected chi connectivity index (χ1v) is 14.6. The van der Waals surface area contributed by atoms with Crippen LogP contribution in [0.25, 0.3) is 0 Å². The minimum Gasteiger partial charge on any atom is -0.273 e. The van der Waals surface area contributed by atoms with Crippen LogP contribution in [-0.2, 0) is 29.6 Å². The summed E-state index contributed by atoms with van der Waals surface area (Å²) < 4.78 is 81.2. The van der Waals surface area contributed by atoms with Crippen LogP contribution in [0.2, 0.25) is 0 Å². The van der Waals surface area contributed by atoms with Crippen molar-refractivity contribution in [1.29, 1.82) is 0 Å². The van der Waals surface area contributed by atoms with Gasteiger partial charge in [-0.05, 0) is 85.6 Å². The number of amides is 2. The summed E-state index contributed by atoms with van der Waals surface area (Å²) in [5, 5.41) is 0. The summed E-state index contributed by atoms with van der Waals surface area (Å²) in [7, 11) is -8.89. The fourth-order valence-corrected chi connectivity index (χ4v) is 6.51. The Morgan fingerprint density at radius 1 is 0.579 bits per heavy atom. The largest absolute Gasteiger partial charge is 0.273 e. The zero-order chi connectivity index (χ0) is 28.1. The molecule has 0 saturated heterocycles. The SMILES string of the molecule is CCCC(=O)N(c1ccc(N(C(=O)CCC)S(=O)(=O)c2ccc(F)cc2)cc1)S(=O)(=O)c1ccc(F)cc1. The molecular formula is C26H26F2N2O6S2. The molecule has 0 bridgehead atoms. The molecule has 0 saturated carbocycles. The maximum atomic E-state index is 13.4. The van der Waals surface area contributed by atoms with Crippen LogP contribution >= 0.6 is 0 Å². The van der Waals surface area contributed by atoms with Crippen LogP contribution in [0.4, 0.5) is 20.2 Å². The predicted molar refractivity (Wildman–Crippen MR) is 138 cm³/mol. The van der Waals surface area contributed by atoms with Gasteiger partial charge in [0.25, 0.3) is 20.0 Å². The van der Waals surface area contributed by atoms with Crippen LogP contribution in [0.5, 0.6) is 0 Å². The third-order valence-electron chi connectivity index (χ3n) is 5.40. The lowest BCUT2D eigenvalue weighted by Gasteiger charge is -2.25. The molecule has 3 aromatic carbocycles. The molecule has 3 rings (SSSR count). The number of rotatable bonds is 10. The number of anilines is 2. The highest BCUT2D eigenvalue weighted by Crippen LogP contribution is 2.30. The summed E-state index contributed by atoms with van der Waals surface area (Å²) >= 11 is 0. The van der Waals surface area contributed by atoms with Gasteiger partial charge in [0.15, 0.2) is 0 Å². The molecule has 0 fully saturated rings. The Morgan fingerprint density at radius 2 is 0.868 bits per heavy atom. The fraction of sp³-hybridized carbons (Fsp3) is 0.231. The van der Waals surface area contributed by atoms with E-state index < -0.39 is 43.5 Å². The Morgan fingerprint density at radius 3 is 1.13 bits per heavy atom. The standard InChI is InChI=1S/C26H26F2N2O6S2/c1-3-5-25(31)29(37(33,34)23-15-7-19(27)8-16-23)21-11-13-22(14-12-21)30(26(32)6-4-2)38(35,36)24-17-9-20(28)10-18-24/h7-18H,3-6H2,1-2H3. The summed E-state index contributed by atoms with van der Waals surface area (Å²) in [5.74, 6) is -2.80. The molecule has 0 radical (unpaired) electrons. The van der Waals surface area contributed by atoms with Crippen molar-refractivity contribution in [2.75, 3.05) is 8.61 Å². The minimum atomic E-state index is -4.44. The summed E-state index contributed by atoms with van der Waals surface area (Å²) in [6.45, 7) is 3.39. The lowest BCUT2D eigenvalue weighted by atomic mass is 10.2. The average molecular weight is 565 g/mol. The van der Waals surface area contributed by atoms with Gasteiger partial charge in [0, 0.05) is 12.8 Å². The Kier molecular flexibility index (Phi) is 9.00. The highest BCUT2D eigenvalue weighted by Gasteiger charge is 2.33. The monoisotopic (exact) mass is 564 g/mol. The first-order valence-electron chi connectivity index (χ1n) is 11.7. The molecular weight excluding hydrogens is 538 g/mol. The summed E-state index contributed by atoms with van der Waals surface area (Å²) in [5.41, 5.74) is -0.197. The number of carbonyl (C=O) groups is 2. The molecule has 0 aromatic heterocycles. The molecule has 3 aromatic rings. The van der Waals surface area contributed by atoms with E-state index in [-0.39, 0.29) is 34.0 Å². The lowest BCUT2D eigenvalue weighted by Crippen LogP contribution is -2.38. The van der Waals surface area contributed by atoms with Crippen LogP contribution in [0, 0.1) is 11.6 Å². The topological polar surface area (TPSA) is 109 Å². The van der Waals surface area contributed by atoms with E-state index in [1.807, 2.05) is 0 Å². The van der Waals surface area contributed by atoms with Crippen LogP contribution in [0.3, 0.4) is 0 Å². The average Bonchev–Trinajstić information content (AvgIpc) is 2.86. The maximum absolute atomic E-state index is 13.4. The second-order valence-electron chi connectivity index (χ2n) is 8.25. The van der Waals surface area contributed by atoms with Crippen LogP contribution in [-0.4, -0.2) is 28.6 Å². The number of halogens is 2. The van der Waals surface area contributed by atoms with Gasteiger partial charge >= 0.3 is 0 Å². The van der Waals surface area contributed by atoms with E-state index in [1.165, 1.54) is 24.3 Å². The van der Waals surface area contributed by atoms with Gasteiger partial charge in [-0.3, -0.25) is 9.59 Å². The molecule has 0 unspecified atom stereocenters. The van der Waals surface area contributed by atoms with Crippen molar-refractivity contribution >= 4 is 43.2 Å². The van der Waals surface area contributed by atoms with Crippen molar-refractivity contribution < 1.29 is 35.2 Å². The van der Waals surface area contributed by atoms with Crippen molar-refractivity contribution in [3.8, 4) is 0 Å². The van der Waals surface area contributed by atoms with Crippen molar-refractivity contribution in [2.24, 2.45) is 0 Å². The Balaban J connectivity index is 2.10. The normalized spacial score (nSPS) is 11.7. The van der Waals surface area contributed by atoms with Crippen LogP contribution in [0.1, 0.15) is 39.5 Å². The molecule has 0 N–H and O–H groups in total. The van der Waals surface area contributed by atoms with E-state index in [9.17, 15) is 35.2 Å². The van der Waals surface area contributed by atoms with Gasteiger partial charge in [-0.1, -0.05) is 13.8 Å². The van der Waals surface area contributed by atoms with Crippen molar-refractivity contribution in [3.63, 3.8) is 0 Å². The predicted octanol–water partition coefficient (Wildman–Crippen LogP) is 5.01. The third kappa shape index (κ3) is 6.08. The van der Waals surface area contributed by atoms with Gasteiger partial charge in [-0.2, -0.15) is 0 Å². The molecule has 12 heteroatoms. The number of hydrogen-bond acceptors (Lipinski definition) is 6. The van der Waals surface area contributed by atoms with Gasteiger partial charge in [0.1, 0.15) is 11.6 Å². The highest BCUT2D eigenvalue weighted by molar-refractivity contribution is 7.94. The van der Waals surface area contributed by atoms with Crippen molar-refractivity contribution in [1.82, 2.24) is 0 Å². The molecule has 0 atom stereocenters. The first kappa shape index (κ1) is 28.9. The molecule has 0 aliphatic rings. The van der Waals surface area contributed by atoms with Crippen LogP contribution in [0.15, 0.2) is 82.6 Å². The number of sulfonamides is 2. The van der Waals surface area contributed by atoms with Gasteiger partial charge in [0.2, 0.25) is 11.8 Å². The molecule has 0 aliphatic heterocycles. The quantitative estimate of drug-likeness (QED) is 0.343. The zero-order valence-corrected chi connectivity index (χ0v) is 22.3. The Bertz CT molecular complexity index is 1390. The summed E-state index contributed by atoms with van der Waals surface area (Å²) in [6, 6.07) is 12.8. The van der Waals surface area contributed by atoms with Gasteiger partial charge in [0.05, 0.1) is 21.2 Å². The Labute approximate surface area is 220 Å². The minimum absolute atomic E-state index is 0.0985.